The van der Waals surface area contributed by atoms with Crippen LogP contribution < -0.4 is 0 Å². The van der Waals surface area contributed by atoms with Gasteiger partial charge in [0.2, 0.25) is 0 Å². The van der Waals surface area contributed by atoms with Crippen LogP contribution >= 0.6 is 27.3 Å². The lowest BCUT2D eigenvalue weighted by atomic mass is 10.4. The van der Waals surface area contributed by atoms with Crippen LogP contribution in [0.3, 0.4) is 0 Å². The van der Waals surface area contributed by atoms with Crippen LogP contribution in [-0.4, -0.2) is 27.0 Å². The van der Waals surface area contributed by atoms with Gasteiger partial charge in [0.1, 0.15) is 6.33 Å². The molecule has 0 aliphatic heterocycles. The topological polar surface area (TPSA) is 38.1 Å². The van der Waals surface area contributed by atoms with E-state index in [2.05, 4.69) is 20.9 Å². The van der Waals surface area contributed by atoms with Crippen LogP contribution in [0.5, 0.6) is 0 Å². The molecule has 6 heteroatoms. The number of hydrogen-bond acceptors (Lipinski definition) is 3. The van der Waals surface area contributed by atoms with E-state index in [1.807, 2.05) is 19.1 Å². The number of carbonyl (C=O) groups excluding carboxylic acids is 1. The maximum absolute atomic E-state index is 12.1. The predicted molar refractivity (Wildman–Crippen MR) is 71.1 cm³/mol. The molecule has 0 unspecified atom stereocenters. The zero-order valence-electron chi connectivity index (χ0n) is 9.34. The van der Waals surface area contributed by atoms with E-state index in [-0.39, 0.29) is 6.03 Å². The minimum Gasteiger partial charge on any atom is -0.319 e. The number of halogens is 1. The molecule has 90 valence electrons. The lowest BCUT2D eigenvalue weighted by Gasteiger charge is -2.19. The molecule has 0 aromatic carbocycles. The number of nitrogens with zero attached hydrogens (tertiary/aromatic N) is 3. The van der Waals surface area contributed by atoms with Crippen LogP contribution in [0.2, 0.25) is 0 Å². The van der Waals surface area contributed by atoms with Gasteiger partial charge in [-0.1, -0.05) is 0 Å². The molecule has 0 saturated carbocycles. The first-order valence-corrected chi connectivity index (χ1v) is 6.83. The van der Waals surface area contributed by atoms with E-state index in [9.17, 15) is 4.79 Å². The van der Waals surface area contributed by atoms with Gasteiger partial charge in [-0.3, -0.25) is 4.57 Å². The summed E-state index contributed by atoms with van der Waals surface area (Å²) in [6, 6.07) is 3.98. The Morgan fingerprint density at radius 2 is 2.41 bits per heavy atom. The summed E-state index contributed by atoms with van der Waals surface area (Å²) in [6.07, 6.45) is 4.79. The molecule has 0 atom stereocenters. The van der Waals surface area contributed by atoms with Gasteiger partial charge in [-0.2, -0.15) is 0 Å². The Kier molecular flexibility index (Phi) is 3.96. The number of imidazole rings is 1. The lowest BCUT2D eigenvalue weighted by Crippen LogP contribution is -2.33. The summed E-state index contributed by atoms with van der Waals surface area (Å²) in [5.74, 6) is 0. The Morgan fingerprint density at radius 1 is 1.59 bits per heavy atom. The minimum absolute atomic E-state index is 0.0467. The van der Waals surface area contributed by atoms with Crippen molar-refractivity contribution in [3.05, 3.63) is 39.5 Å². The zero-order valence-corrected chi connectivity index (χ0v) is 11.7. The molecule has 0 spiro atoms. The van der Waals surface area contributed by atoms with Crippen LogP contribution in [0.25, 0.3) is 0 Å². The SMILES string of the molecule is CCN(Cc1ccc(Br)s1)C(=O)n1ccnc1. The Labute approximate surface area is 112 Å². The molecule has 2 aromatic heterocycles. The van der Waals surface area contributed by atoms with E-state index < -0.39 is 0 Å². The van der Waals surface area contributed by atoms with Gasteiger partial charge < -0.3 is 4.90 Å². The second-order valence-corrected chi connectivity index (χ2v) is 6.02. The van der Waals surface area contributed by atoms with Gasteiger partial charge in [0, 0.05) is 23.8 Å². The maximum atomic E-state index is 12.1. The predicted octanol–water partition coefficient (Wildman–Crippen LogP) is 3.20. The molecule has 0 aliphatic rings. The van der Waals surface area contributed by atoms with Gasteiger partial charge in [-0.05, 0) is 35.0 Å². The molecule has 0 bridgehead atoms. The molecule has 2 heterocycles. The smallest absolute Gasteiger partial charge is 0.319 e. The van der Waals surface area contributed by atoms with Crippen molar-refractivity contribution in [3.63, 3.8) is 0 Å². The molecule has 0 fully saturated rings. The zero-order chi connectivity index (χ0) is 12.3. The number of hydrogen-bond donors (Lipinski definition) is 0. The molecule has 0 N–H and O–H groups in total. The van der Waals surface area contributed by atoms with Crippen LogP contribution in [0, 0.1) is 0 Å². The average Bonchev–Trinajstić information content (AvgIpc) is 2.96. The molecule has 2 aromatic rings. The highest BCUT2D eigenvalue weighted by atomic mass is 79.9. The number of rotatable bonds is 3. The largest absolute Gasteiger partial charge is 0.329 e. The summed E-state index contributed by atoms with van der Waals surface area (Å²) in [5.41, 5.74) is 0. The summed E-state index contributed by atoms with van der Waals surface area (Å²) in [5, 5.41) is 0. The fourth-order valence-electron chi connectivity index (χ4n) is 1.48. The van der Waals surface area contributed by atoms with E-state index in [1.54, 1.807) is 28.6 Å². The molecule has 1 amide bonds. The van der Waals surface area contributed by atoms with Crippen molar-refractivity contribution < 1.29 is 4.79 Å². The standard InChI is InChI=1S/C11H12BrN3OS/c1-2-14(7-9-3-4-10(12)17-9)11(16)15-6-5-13-8-15/h3-6,8H,2,7H2,1H3. The van der Waals surface area contributed by atoms with Crippen molar-refractivity contribution in [2.24, 2.45) is 0 Å². The summed E-state index contributed by atoms with van der Waals surface area (Å²) in [6.45, 7) is 3.27. The average molecular weight is 314 g/mol. The molecule has 0 aliphatic carbocycles. The fourth-order valence-corrected chi connectivity index (χ4v) is 2.97. The monoisotopic (exact) mass is 313 g/mol. The highest BCUT2D eigenvalue weighted by Crippen LogP contribution is 2.23. The maximum Gasteiger partial charge on any atom is 0.329 e. The second-order valence-electron chi connectivity index (χ2n) is 3.47. The van der Waals surface area contributed by atoms with Crippen molar-refractivity contribution in [1.82, 2.24) is 14.5 Å². The van der Waals surface area contributed by atoms with Crippen LogP contribution in [0.4, 0.5) is 4.79 Å². The summed E-state index contributed by atoms with van der Waals surface area (Å²) < 4.78 is 2.57. The van der Waals surface area contributed by atoms with Gasteiger partial charge in [0.25, 0.3) is 0 Å². The van der Waals surface area contributed by atoms with E-state index >= 15 is 0 Å². The van der Waals surface area contributed by atoms with Gasteiger partial charge in [0.05, 0.1) is 10.3 Å². The quantitative estimate of drug-likeness (QED) is 0.872. The van der Waals surface area contributed by atoms with Crippen LogP contribution in [0.15, 0.2) is 34.6 Å². The Bertz CT molecular complexity index is 495. The number of aromatic nitrogens is 2. The van der Waals surface area contributed by atoms with Crippen molar-refractivity contribution in [2.75, 3.05) is 6.54 Å². The van der Waals surface area contributed by atoms with Crippen molar-refractivity contribution in [3.8, 4) is 0 Å². The third-order valence-electron chi connectivity index (χ3n) is 2.35. The lowest BCUT2D eigenvalue weighted by molar-refractivity contribution is 0.200. The molecular weight excluding hydrogens is 302 g/mol. The third-order valence-corrected chi connectivity index (χ3v) is 3.96. The summed E-state index contributed by atoms with van der Waals surface area (Å²) in [7, 11) is 0. The van der Waals surface area contributed by atoms with Gasteiger partial charge in [-0.15, -0.1) is 11.3 Å². The molecule has 0 radical (unpaired) electrons. The minimum atomic E-state index is -0.0467. The van der Waals surface area contributed by atoms with Gasteiger partial charge >= 0.3 is 6.03 Å². The van der Waals surface area contributed by atoms with Crippen molar-refractivity contribution in [2.45, 2.75) is 13.5 Å². The van der Waals surface area contributed by atoms with Gasteiger partial charge in [-0.25, -0.2) is 9.78 Å². The highest BCUT2D eigenvalue weighted by Gasteiger charge is 2.14. The molecule has 4 nitrogen and oxygen atoms in total. The number of carbonyl (C=O) groups is 1. The molecule has 0 saturated heterocycles. The first-order chi connectivity index (χ1) is 8.20. The van der Waals surface area contributed by atoms with E-state index in [4.69, 9.17) is 0 Å². The highest BCUT2D eigenvalue weighted by molar-refractivity contribution is 9.11. The summed E-state index contributed by atoms with van der Waals surface area (Å²) in [4.78, 5) is 18.9. The van der Waals surface area contributed by atoms with Crippen LogP contribution in [0.1, 0.15) is 11.8 Å². The Balaban J connectivity index is 2.09. The number of thiophene rings is 1. The van der Waals surface area contributed by atoms with E-state index in [0.29, 0.717) is 13.1 Å². The normalized spacial score (nSPS) is 10.5. The molecule has 2 rings (SSSR count). The fraction of sp³-hybridized carbons (Fsp3) is 0.273. The molecule has 17 heavy (non-hydrogen) atoms. The first-order valence-electron chi connectivity index (χ1n) is 5.22. The van der Waals surface area contributed by atoms with Crippen molar-refractivity contribution >= 4 is 33.3 Å². The number of amides is 1. The summed E-state index contributed by atoms with van der Waals surface area (Å²) >= 11 is 5.06. The van der Waals surface area contributed by atoms with Gasteiger partial charge in [0.15, 0.2) is 0 Å². The van der Waals surface area contributed by atoms with Crippen LogP contribution in [-0.2, 0) is 6.54 Å². The van der Waals surface area contributed by atoms with Crippen molar-refractivity contribution in [1.29, 1.82) is 0 Å². The molecular formula is C11H12BrN3OS. The Hall–Kier alpha value is -1.14. The van der Waals surface area contributed by atoms with E-state index in [1.165, 1.54) is 10.9 Å². The third kappa shape index (κ3) is 2.95. The second kappa shape index (κ2) is 5.46. The first kappa shape index (κ1) is 12.3. The van der Waals surface area contributed by atoms with E-state index in [0.717, 1.165) is 8.66 Å². The Morgan fingerprint density at radius 3 is 2.94 bits per heavy atom.